The average Bonchev–Trinajstić information content (AvgIpc) is 2.17. The fraction of sp³-hybridized carbons (Fsp3) is 0.300. The fourth-order valence-electron chi connectivity index (χ4n) is 0.964. The Morgan fingerprint density at radius 1 is 1.50 bits per heavy atom. The Balaban J connectivity index is 2.89. The molecule has 5 nitrogen and oxygen atoms in total. The molecule has 1 aromatic rings. The van der Waals surface area contributed by atoms with Crippen molar-refractivity contribution in [2.24, 2.45) is 0 Å². The van der Waals surface area contributed by atoms with Crippen molar-refractivity contribution < 1.29 is 14.7 Å². The van der Waals surface area contributed by atoms with Crippen LogP contribution < -0.4 is 5.32 Å². The Morgan fingerprint density at radius 2 is 2.12 bits per heavy atom. The monoisotopic (exact) mass is 286 g/mol. The molecular weight excluding hydrogens is 276 g/mol. The molecule has 16 heavy (non-hydrogen) atoms. The van der Waals surface area contributed by atoms with E-state index in [1.54, 1.807) is 0 Å². The Hall–Kier alpha value is -1.43. The highest BCUT2D eigenvalue weighted by Gasteiger charge is 2.29. The van der Waals surface area contributed by atoms with E-state index in [-0.39, 0.29) is 0 Å². The zero-order chi connectivity index (χ0) is 12.3. The van der Waals surface area contributed by atoms with Crippen LogP contribution in [0.4, 0.5) is 0 Å². The number of aliphatic carboxylic acids is 1. The summed E-state index contributed by atoms with van der Waals surface area (Å²) in [6.07, 6.45) is 2.94. The molecule has 0 spiro atoms. The first-order valence-electron chi connectivity index (χ1n) is 4.50. The number of nitrogens with zero attached hydrogens (tertiary/aromatic N) is 1. The maximum atomic E-state index is 11.8. The molecule has 0 unspecified atom stereocenters. The summed E-state index contributed by atoms with van der Waals surface area (Å²) in [7, 11) is 0. The fourth-order valence-corrected chi connectivity index (χ4v) is 1.39. The number of pyridine rings is 1. The molecule has 1 heterocycles. The molecule has 0 aliphatic rings. The van der Waals surface area contributed by atoms with Crippen molar-refractivity contribution >= 4 is 27.8 Å². The number of nitrogens with one attached hydrogen (secondary N) is 1. The van der Waals surface area contributed by atoms with E-state index in [4.69, 9.17) is 5.11 Å². The Morgan fingerprint density at radius 3 is 2.62 bits per heavy atom. The lowest BCUT2D eigenvalue weighted by Gasteiger charge is -2.21. The second-order valence-corrected chi connectivity index (χ2v) is 4.59. The van der Waals surface area contributed by atoms with Gasteiger partial charge < -0.3 is 10.4 Å². The number of hydrogen-bond acceptors (Lipinski definition) is 3. The van der Waals surface area contributed by atoms with E-state index in [1.165, 1.54) is 32.3 Å². The summed E-state index contributed by atoms with van der Waals surface area (Å²) in [6, 6.07) is 1.51. The Kier molecular flexibility index (Phi) is 3.64. The number of rotatable bonds is 3. The number of hydrogen-bond donors (Lipinski definition) is 2. The topological polar surface area (TPSA) is 79.3 Å². The SMILES string of the molecule is CC(C)(NC(=O)c1ccncc1Br)C(=O)O. The number of amides is 1. The van der Waals surface area contributed by atoms with Crippen molar-refractivity contribution in [3.05, 3.63) is 28.5 Å². The number of carboxylic acid groups (broad SMARTS) is 1. The molecule has 0 aliphatic heterocycles. The van der Waals surface area contributed by atoms with Crippen molar-refractivity contribution in [1.82, 2.24) is 10.3 Å². The van der Waals surface area contributed by atoms with Crippen LogP contribution in [0.25, 0.3) is 0 Å². The summed E-state index contributed by atoms with van der Waals surface area (Å²) < 4.78 is 0.522. The van der Waals surface area contributed by atoms with Gasteiger partial charge in [0.2, 0.25) is 0 Å². The van der Waals surface area contributed by atoms with Gasteiger partial charge >= 0.3 is 5.97 Å². The van der Waals surface area contributed by atoms with Gasteiger partial charge in [0.25, 0.3) is 5.91 Å². The third-order valence-corrected chi connectivity index (χ3v) is 2.61. The van der Waals surface area contributed by atoms with Crippen LogP contribution in [0.5, 0.6) is 0 Å². The first kappa shape index (κ1) is 12.6. The number of aromatic nitrogens is 1. The summed E-state index contributed by atoms with van der Waals surface area (Å²) >= 11 is 3.17. The molecule has 2 N–H and O–H groups in total. The van der Waals surface area contributed by atoms with Crippen LogP contribution in [-0.4, -0.2) is 27.5 Å². The summed E-state index contributed by atoms with van der Waals surface area (Å²) in [6.45, 7) is 2.84. The molecule has 6 heteroatoms. The first-order valence-corrected chi connectivity index (χ1v) is 5.29. The Bertz CT molecular complexity index is 432. The predicted molar refractivity (Wildman–Crippen MR) is 61.1 cm³/mol. The van der Waals surface area contributed by atoms with Crippen molar-refractivity contribution in [2.45, 2.75) is 19.4 Å². The van der Waals surface area contributed by atoms with Crippen molar-refractivity contribution in [3.63, 3.8) is 0 Å². The van der Waals surface area contributed by atoms with Gasteiger partial charge in [-0.25, -0.2) is 4.79 Å². The zero-order valence-corrected chi connectivity index (χ0v) is 10.4. The lowest BCUT2D eigenvalue weighted by Crippen LogP contribution is -2.49. The van der Waals surface area contributed by atoms with E-state index >= 15 is 0 Å². The van der Waals surface area contributed by atoms with Gasteiger partial charge in [-0.15, -0.1) is 0 Å². The maximum absolute atomic E-state index is 11.8. The lowest BCUT2D eigenvalue weighted by molar-refractivity contribution is -0.143. The van der Waals surface area contributed by atoms with Crippen molar-refractivity contribution in [3.8, 4) is 0 Å². The second kappa shape index (κ2) is 4.61. The molecular formula is C10H11BrN2O3. The highest BCUT2D eigenvalue weighted by atomic mass is 79.9. The molecule has 1 amide bonds. The Labute approximate surface area is 101 Å². The maximum Gasteiger partial charge on any atom is 0.328 e. The molecule has 1 aromatic heterocycles. The van der Waals surface area contributed by atoms with Gasteiger partial charge in [-0.1, -0.05) is 0 Å². The molecule has 0 atom stereocenters. The molecule has 0 radical (unpaired) electrons. The van der Waals surface area contributed by atoms with E-state index in [1.807, 2.05) is 0 Å². The number of carbonyl (C=O) groups excluding carboxylic acids is 1. The zero-order valence-electron chi connectivity index (χ0n) is 8.82. The van der Waals surface area contributed by atoms with E-state index in [0.717, 1.165) is 0 Å². The molecule has 0 saturated heterocycles. The second-order valence-electron chi connectivity index (χ2n) is 3.74. The van der Waals surface area contributed by atoms with E-state index in [2.05, 4.69) is 26.2 Å². The molecule has 86 valence electrons. The van der Waals surface area contributed by atoms with E-state index < -0.39 is 17.4 Å². The summed E-state index contributed by atoms with van der Waals surface area (Å²) in [5, 5.41) is 11.3. The number of halogens is 1. The highest BCUT2D eigenvalue weighted by molar-refractivity contribution is 9.10. The summed E-state index contributed by atoms with van der Waals surface area (Å²) in [4.78, 5) is 26.4. The van der Waals surface area contributed by atoms with Gasteiger partial charge in [-0.05, 0) is 35.8 Å². The largest absolute Gasteiger partial charge is 0.480 e. The normalized spacial score (nSPS) is 10.9. The summed E-state index contributed by atoms with van der Waals surface area (Å²) in [5.41, 5.74) is -0.955. The van der Waals surface area contributed by atoms with Crippen LogP contribution >= 0.6 is 15.9 Å². The lowest BCUT2D eigenvalue weighted by atomic mass is 10.1. The number of carboxylic acids is 1. The van der Waals surface area contributed by atoms with Crippen LogP contribution in [-0.2, 0) is 4.79 Å². The third-order valence-electron chi connectivity index (χ3n) is 1.98. The van der Waals surface area contributed by atoms with Crippen molar-refractivity contribution in [1.29, 1.82) is 0 Å². The molecule has 1 rings (SSSR count). The van der Waals surface area contributed by atoms with Gasteiger partial charge in [0.15, 0.2) is 0 Å². The highest BCUT2D eigenvalue weighted by Crippen LogP contribution is 2.15. The smallest absolute Gasteiger partial charge is 0.328 e. The van der Waals surface area contributed by atoms with E-state index in [0.29, 0.717) is 10.0 Å². The molecule has 0 bridgehead atoms. The number of carbonyl (C=O) groups is 2. The molecule has 0 aromatic carbocycles. The van der Waals surface area contributed by atoms with Crippen LogP contribution in [0, 0.1) is 0 Å². The van der Waals surface area contributed by atoms with Crippen LogP contribution in [0.2, 0.25) is 0 Å². The minimum absolute atomic E-state index is 0.351. The molecule has 0 aliphatic carbocycles. The van der Waals surface area contributed by atoms with Gasteiger partial charge in [0.1, 0.15) is 5.54 Å². The van der Waals surface area contributed by atoms with Gasteiger partial charge in [-0.2, -0.15) is 0 Å². The molecule has 0 saturated carbocycles. The van der Waals surface area contributed by atoms with E-state index in [9.17, 15) is 9.59 Å². The van der Waals surface area contributed by atoms with Crippen LogP contribution in [0.3, 0.4) is 0 Å². The minimum Gasteiger partial charge on any atom is -0.480 e. The standard InChI is InChI=1S/C10H11BrN2O3/c1-10(2,9(15)16)13-8(14)6-3-4-12-5-7(6)11/h3-5H,1-2H3,(H,13,14)(H,15,16). The van der Waals surface area contributed by atoms with Crippen molar-refractivity contribution in [2.75, 3.05) is 0 Å². The van der Waals surface area contributed by atoms with Gasteiger partial charge in [0, 0.05) is 16.9 Å². The van der Waals surface area contributed by atoms with Gasteiger partial charge in [-0.3, -0.25) is 9.78 Å². The van der Waals surface area contributed by atoms with Crippen LogP contribution in [0.15, 0.2) is 22.9 Å². The quantitative estimate of drug-likeness (QED) is 0.881. The first-order chi connectivity index (χ1) is 7.34. The minimum atomic E-state index is -1.31. The average molecular weight is 287 g/mol. The third kappa shape index (κ3) is 2.79. The predicted octanol–water partition coefficient (Wildman–Crippen LogP) is 1.44. The molecule has 0 fully saturated rings. The summed E-state index contributed by atoms with van der Waals surface area (Å²) in [5.74, 6) is -1.55. The van der Waals surface area contributed by atoms with Crippen LogP contribution in [0.1, 0.15) is 24.2 Å². The van der Waals surface area contributed by atoms with Gasteiger partial charge in [0.05, 0.1) is 5.56 Å².